The van der Waals surface area contributed by atoms with Crippen LogP contribution in [0.3, 0.4) is 0 Å². The number of rotatable bonds is 3. The largest absolute Gasteiger partial charge is 0.340 e. The number of thiazole rings is 1. The van der Waals surface area contributed by atoms with E-state index in [0.717, 1.165) is 47.3 Å². The van der Waals surface area contributed by atoms with Crippen LogP contribution in [0.5, 0.6) is 0 Å². The molecular weight excluding hydrogens is 412 g/mol. The monoisotopic (exact) mass is 440 g/mol. The Hall–Kier alpha value is -2.48. The van der Waals surface area contributed by atoms with Gasteiger partial charge in [0.25, 0.3) is 5.91 Å². The van der Waals surface area contributed by atoms with Crippen molar-refractivity contribution < 1.29 is 14.4 Å². The van der Waals surface area contributed by atoms with Crippen LogP contribution in [-0.2, 0) is 9.59 Å². The number of para-hydroxylation sites is 1. The number of imide groups is 1. The molecule has 3 fully saturated rings. The molecule has 3 aliphatic rings. The number of fused-ring (bicyclic) bond motifs is 1. The minimum absolute atomic E-state index is 0.145. The molecule has 1 unspecified atom stereocenters. The molecule has 1 aliphatic carbocycles. The number of hydrogen-bond donors (Lipinski definition) is 0. The Balaban J connectivity index is 1.29. The third kappa shape index (κ3) is 3.41. The SMILES string of the molecule is CN1C(=O)N(CC(=O)N2CCCC(c3nc4ccccc4s3)C2)C(=O)C12CCCCC2. The molecule has 2 saturated heterocycles. The van der Waals surface area contributed by atoms with Gasteiger partial charge in [0.2, 0.25) is 5.91 Å². The van der Waals surface area contributed by atoms with Gasteiger partial charge in [-0.1, -0.05) is 31.4 Å². The maximum absolute atomic E-state index is 13.2. The average molecular weight is 441 g/mol. The topological polar surface area (TPSA) is 73.8 Å². The van der Waals surface area contributed by atoms with E-state index in [1.54, 1.807) is 23.3 Å². The highest BCUT2D eigenvalue weighted by Gasteiger charge is 2.56. The molecule has 31 heavy (non-hydrogen) atoms. The van der Waals surface area contributed by atoms with Crippen LogP contribution < -0.4 is 0 Å². The number of piperidine rings is 1. The lowest BCUT2D eigenvalue weighted by Crippen LogP contribution is -2.50. The van der Waals surface area contributed by atoms with Crippen molar-refractivity contribution >= 4 is 39.4 Å². The highest BCUT2D eigenvalue weighted by Crippen LogP contribution is 2.39. The van der Waals surface area contributed by atoms with Gasteiger partial charge in [-0.3, -0.25) is 14.5 Å². The number of urea groups is 1. The van der Waals surface area contributed by atoms with Gasteiger partial charge < -0.3 is 9.80 Å². The van der Waals surface area contributed by atoms with E-state index < -0.39 is 5.54 Å². The number of carbonyl (C=O) groups excluding carboxylic acids is 3. The molecule has 7 nitrogen and oxygen atoms in total. The number of hydrogen-bond acceptors (Lipinski definition) is 5. The number of amides is 4. The summed E-state index contributed by atoms with van der Waals surface area (Å²) in [5.74, 6) is -0.131. The first-order valence-corrected chi connectivity index (χ1v) is 12.0. The number of nitrogens with zero attached hydrogens (tertiary/aromatic N) is 4. The minimum atomic E-state index is -0.735. The van der Waals surface area contributed by atoms with Crippen LogP contribution in [0.25, 0.3) is 10.2 Å². The molecule has 0 bridgehead atoms. The van der Waals surface area contributed by atoms with Crippen LogP contribution in [0, 0.1) is 0 Å². The lowest BCUT2D eigenvalue weighted by molar-refractivity contribution is -0.141. The van der Waals surface area contributed by atoms with Crippen molar-refractivity contribution in [2.75, 3.05) is 26.7 Å². The Morgan fingerprint density at radius 1 is 1.16 bits per heavy atom. The van der Waals surface area contributed by atoms with Crippen molar-refractivity contribution in [2.45, 2.75) is 56.4 Å². The fourth-order valence-electron chi connectivity index (χ4n) is 5.38. The number of likely N-dealkylation sites (tertiary alicyclic amines) is 1. The first-order valence-electron chi connectivity index (χ1n) is 11.2. The van der Waals surface area contributed by atoms with Crippen LogP contribution in [0.2, 0.25) is 0 Å². The second kappa shape index (κ2) is 7.89. The maximum Gasteiger partial charge on any atom is 0.327 e. The van der Waals surface area contributed by atoms with Gasteiger partial charge in [-0.15, -0.1) is 11.3 Å². The van der Waals surface area contributed by atoms with E-state index in [1.807, 2.05) is 23.1 Å². The van der Waals surface area contributed by atoms with Crippen LogP contribution in [0.4, 0.5) is 4.79 Å². The molecule has 1 atom stereocenters. The smallest absolute Gasteiger partial charge is 0.327 e. The number of aromatic nitrogens is 1. The van der Waals surface area contributed by atoms with Crippen molar-refractivity contribution in [1.29, 1.82) is 0 Å². The molecule has 4 amide bonds. The number of benzene rings is 1. The molecule has 1 saturated carbocycles. The quantitative estimate of drug-likeness (QED) is 0.684. The van der Waals surface area contributed by atoms with E-state index in [4.69, 9.17) is 4.98 Å². The molecular formula is C23H28N4O3S. The van der Waals surface area contributed by atoms with Crippen molar-refractivity contribution in [2.24, 2.45) is 0 Å². The van der Waals surface area contributed by atoms with Crippen LogP contribution in [0.1, 0.15) is 55.9 Å². The number of likely N-dealkylation sites (N-methyl/N-ethyl adjacent to an activating group) is 1. The van der Waals surface area contributed by atoms with Crippen LogP contribution in [-0.4, -0.2) is 69.8 Å². The van der Waals surface area contributed by atoms with Gasteiger partial charge in [0.15, 0.2) is 0 Å². The molecule has 8 heteroatoms. The third-order valence-electron chi connectivity index (χ3n) is 7.21. The van der Waals surface area contributed by atoms with Gasteiger partial charge in [0.1, 0.15) is 12.1 Å². The molecule has 2 aliphatic heterocycles. The van der Waals surface area contributed by atoms with E-state index in [-0.39, 0.29) is 30.3 Å². The molecule has 1 spiro atoms. The highest BCUT2D eigenvalue weighted by atomic mass is 32.1. The molecule has 3 heterocycles. The zero-order valence-electron chi connectivity index (χ0n) is 17.9. The molecule has 0 radical (unpaired) electrons. The zero-order chi connectivity index (χ0) is 21.6. The van der Waals surface area contributed by atoms with Gasteiger partial charge in [-0.25, -0.2) is 9.78 Å². The second-order valence-corrected chi connectivity index (χ2v) is 10.1. The normalized spacial score (nSPS) is 23.9. The predicted octanol–water partition coefficient (Wildman–Crippen LogP) is 3.60. The van der Waals surface area contributed by atoms with Gasteiger partial charge in [-0.05, 0) is 37.8 Å². The summed E-state index contributed by atoms with van der Waals surface area (Å²) in [5, 5.41) is 1.06. The maximum atomic E-state index is 13.2. The van der Waals surface area contributed by atoms with Crippen molar-refractivity contribution in [1.82, 2.24) is 19.7 Å². The van der Waals surface area contributed by atoms with Crippen molar-refractivity contribution in [3.63, 3.8) is 0 Å². The lowest BCUT2D eigenvalue weighted by Gasteiger charge is -2.36. The van der Waals surface area contributed by atoms with Gasteiger partial charge in [0.05, 0.1) is 15.2 Å². The zero-order valence-corrected chi connectivity index (χ0v) is 18.7. The Morgan fingerprint density at radius 3 is 2.71 bits per heavy atom. The van der Waals surface area contributed by atoms with E-state index in [0.29, 0.717) is 25.9 Å². The predicted molar refractivity (Wildman–Crippen MR) is 119 cm³/mol. The third-order valence-corrected chi connectivity index (χ3v) is 8.41. The summed E-state index contributed by atoms with van der Waals surface area (Å²) in [6, 6.07) is 7.76. The second-order valence-electron chi connectivity index (χ2n) is 9.02. The Morgan fingerprint density at radius 2 is 1.94 bits per heavy atom. The van der Waals surface area contributed by atoms with E-state index in [9.17, 15) is 14.4 Å². The molecule has 1 aromatic carbocycles. The summed E-state index contributed by atoms with van der Waals surface area (Å²) in [5.41, 5.74) is 0.265. The van der Waals surface area contributed by atoms with E-state index in [1.165, 1.54) is 4.90 Å². The Kier molecular flexibility index (Phi) is 5.20. The summed E-state index contributed by atoms with van der Waals surface area (Å²) < 4.78 is 1.16. The van der Waals surface area contributed by atoms with E-state index >= 15 is 0 Å². The molecule has 0 N–H and O–H groups in total. The Bertz CT molecular complexity index is 996. The summed E-state index contributed by atoms with van der Waals surface area (Å²) in [4.78, 5) is 48.5. The summed E-state index contributed by atoms with van der Waals surface area (Å²) in [7, 11) is 1.71. The fraction of sp³-hybridized carbons (Fsp3) is 0.565. The van der Waals surface area contributed by atoms with Gasteiger partial charge in [-0.2, -0.15) is 0 Å². The first kappa shape index (κ1) is 20.4. The average Bonchev–Trinajstić information content (AvgIpc) is 3.31. The minimum Gasteiger partial charge on any atom is -0.340 e. The number of carbonyl (C=O) groups is 3. The standard InChI is InChI=1S/C23H28N4O3S/c1-25-22(30)27(21(29)23(25)11-5-2-6-12-23)15-19(28)26-13-7-8-16(14-26)20-24-17-9-3-4-10-18(17)31-20/h3-4,9-10,16H,2,5-8,11-15H2,1H3. The van der Waals surface area contributed by atoms with Crippen LogP contribution >= 0.6 is 11.3 Å². The van der Waals surface area contributed by atoms with Crippen LogP contribution in [0.15, 0.2) is 24.3 Å². The summed E-state index contributed by atoms with van der Waals surface area (Å²) in [6.07, 6.45) is 6.28. The summed E-state index contributed by atoms with van der Waals surface area (Å²) >= 11 is 1.69. The lowest BCUT2D eigenvalue weighted by atomic mass is 9.81. The van der Waals surface area contributed by atoms with E-state index in [2.05, 4.69) is 6.07 Å². The van der Waals surface area contributed by atoms with Crippen molar-refractivity contribution in [3.8, 4) is 0 Å². The van der Waals surface area contributed by atoms with Gasteiger partial charge in [0, 0.05) is 26.1 Å². The fourth-order valence-corrected chi connectivity index (χ4v) is 6.47. The molecule has 5 rings (SSSR count). The first-order chi connectivity index (χ1) is 15.0. The van der Waals surface area contributed by atoms with Gasteiger partial charge >= 0.3 is 6.03 Å². The molecule has 1 aromatic heterocycles. The summed E-state index contributed by atoms with van der Waals surface area (Å²) in [6.45, 7) is 1.10. The molecule has 2 aromatic rings. The molecule has 164 valence electrons. The van der Waals surface area contributed by atoms with Crippen molar-refractivity contribution in [3.05, 3.63) is 29.3 Å². The Labute approximate surface area is 186 Å². The highest BCUT2D eigenvalue weighted by molar-refractivity contribution is 7.18.